The van der Waals surface area contributed by atoms with Gasteiger partial charge in [-0.15, -0.1) is 22.7 Å². The molecule has 5 heterocycles. The lowest BCUT2D eigenvalue weighted by Crippen LogP contribution is -2.14. The molecule has 0 N–H and O–H groups in total. The summed E-state index contributed by atoms with van der Waals surface area (Å²) < 4.78 is 311. The molecule has 24 heteroatoms. The average Bonchev–Trinajstić information content (AvgIpc) is 4.18. The fourth-order valence-corrected chi connectivity index (χ4v) is 9.43. The molecule has 0 radical (unpaired) electrons. The first-order valence-electron chi connectivity index (χ1n) is 18.1. The molecule has 4 aromatic heterocycles. The topological polar surface area (TPSA) is 26.3 Å². The molecular formula is C44H8F20O2S2. The van der Waals surface area contributed by atoms with E-state index in [9.17, 15) is 52.7 Å². The molecule has 1 aliphatic rings. The number of fused-ring (bicyclic) bond motifs is 8. The van der Waals surface area contributed by atoms with Crippen LogP contribution in [0.1, 0.15) is 45.3 Å². The van der Waals surface area contributed by atoms with Crippen molar-refractivity contribution in [1.82, 2.24) is 0 Å². The number of benzene rings is 4. The lowest BCUT2D eigenvalue weighted by Gasteiger charge is -2.12. The van der Waals surface area contributed by atoms with Crippen LogP contribution in [0, 0.1) is 116 Å². The van der Waals surface area contributed by atoms with Crippen molar-refractivity contribution in [3.8, 4) is 0 Å². The molecule has 9 rings (SSSR count). The van der Waals surface area contributed by atoms with Gasteiger partial charge in [0, 0.05) is 40.4 Å². The third-order valence-electron chi connectivity index (χ3n) is 10.2. The highest BCUT2D eigenvalue weighted by molar-refractivity contribution is 7.08. The molecule has 348 valence electrons. The van der Waals surface area contributed by atoms with E-state index in [1.807, 2.05) is 0 Å². The Balaban J connectivity index is 1.56. The maximum absolute atomic E-state index is 15.8. The zero-order chi connectivity index (χ0) is 49.3. The number of thiophene rings is 2. The van der Waals surface area contributed by atoms with Crippen LogP contribution in [0.5, 0.6) is 0 Å². The summed E-state index contributed by atoms with van der Waals surface area (Å²) in [6.07, 6.45) is 0. The Morgan fingerprint density at radius 3 is 0.515 bits per heavy atom. The Morgan fingerprint density at radius 1 is 0.206 bits per heavy atom. The standard InChI is InChI=1S/C44H8F20O2S2/c45-25-21(26(46)34(54)41(61)33(25)53)17-9-1-2-10(65-9)18(22-27(47)35(55)42(62)36(56)28(22)48)14-7-8-16(68-14)20(24-31(51)39(59)44(64)40(60)32(24)52)12-4-3-11(66-12)19(15-6-5-13(17)67-15)23-29(49)37(57)43(63)38(58)30(23)50/h1-8H/b17-9?,17-13+,18-10?,18-14+,19-11?,19-15+,20-12?,20-16+. The quantitative estimate of drug-likeness (QED) is 0.0998. The summed E-state index contributed by atoms with van der Waals surface area (Å²) >= 11 is -0.0461. The maximum Gasteiger partial charge on any atom is 0.200 e. The molecule has 0 amide bonds. The van der Waals surface area contributed by atoms with Crippen molar-refractivity contribution in [1.29, 1.82) is 0 Å². The van der Waals surface area contributed by atoms with E-state index < -0.39 is 202 Å². The summed E-state index contributed by atoms with van der Waals surface area (Å²) in [4.78, 5) is 0. The third kappa shape index (κ3) is 6.61. The molecule has 0 atom stereocenters. The fourth-order valence-electron chi connectivity index (χ4n) is 7.20. The summed E-state index contributed by atoms with van der Waals surface area (Å²) in [7, 11) is 0. The molecule has 0 aliphatic carbocycles. The van der Waals surface area contributed by atoms with Crippen LogP contribution in [-0.2, 0) is 0 Å². The number of hydrogen-bond donors (Lipinski definition) is 0. The van der Waals surface area contributed by atoms with Crippen molar-refractivity contribution >= 4 is 45.0 Å². The number of furan rings is 2. The summed E-state index contributed by atoms with van der Waals surface area (Å²) in [6.45, 7) is 0. The summed E-state index contributed by atoms with van der Waals surface area (Å²) in [5.41, 5.74) is -12.4. The van der Waals surface area contributed by atoms with Gasteiger partial charge in [-0.3, -0.25) is 0 Å². The van der Waals surface area contributed by atoms with E-state index in [2.05, 4.69) is 0 Å². The predicted molar refractivity (Wildman–Crippen MR) is 196 cm³/mol. The molecule has 0 saturated heterocycles. The highest BCUT2D eigenvalue weighted by Gasteiger charge is 2.36. The minimum absolute atomic E-state index is 0.0231. The third-order valence-corrected chi connectivity index (χ3v) is 12.5. The molecule has 8 aromatic rings. The van der Waals surface area contributed by atoms with Gasteiger partial charge in [0.15, 0.2) is 93.1 Å². The van der Waals surface area contributed by atoms with Gasteiger partial charge in [-0.2, -0.15) is 0 Å². The van der Waals surface area contributed by atoms with Crippen molar-refractivity contribution in [3.63, 3.8) is 0 Å². The Hall–Kier alpha value is -7.08. The van der Waals surface area contributed by atoms with Crippen LogP contribution in [0.2, 0.25) is 0 Å². The van der Waals surface area contributed by atoms with E-state index in [1.165, 1.54) is 0 Å². The van der Waals surface area contributed by atoms with E-state index >= 15 is 35.1 Å². The second kappa shape index (κ2) is 16.3. The van der Waals surface area contributed by atoms with Gasteiger partial charge in [0.1, 0.15) is 23.0 Å². The molecule has 68 heavy (non-hydrogen) atoms. The monoisotopic (exact) mass is 1010 g/mol. The van der Waals surface area contributed by atoms with E-state index in [-0.39, 0.29) is 22.7 Å². The first kappa shape index (κ1) is 46.0. The van der Waals surface area contributed by atoms with E-state index in [0.29, 0.717) is 48.5 Å². The van der Waals surface area contributed by atoms with Gasteiger partial charge in [-0.25, -0.2) is 87.8 Å². The lowest BCUT2D eigenvalue weighted by molar-refractivity contribution is 0.375. The van der Waals surface area contributed by atoms with Gasteiger partial charge >= 0.3 is 0 Å². The molecule has 0 saturated carbocycles. The van der Waals surface area contributed by atoms with Gasteiger partial charge in [0.05, 0.1) is 22.3 Å². The fraction of sp³-hybridized carbons (Fsp3) is 0. The van der Waals surface area contributed by atoms with Crippen molar-refractivity contribution < 1.29 is 96.6 Å². The highest BCUT2D eigenvalue weighted by atomic mass is 32.1. The minimum atomic E-state index is -2.71. The molecule has 2 nitrogen and oxygen atoms in total. The van der Waals surface area contributed by atoms with E-state index in [0.717, 1.165) is 0 Å². The van der Waals surface area contributed by atoms with Crippen LogP contribution in [0.4, 0.5) is 87.8 Å². The average molecular weight is 1010 g/mol. The van der Waals surface area contributed by atoms with Crippen molar-refractivity contribution in [2.45, 2.75) is 0 Å². The van der Waals surface area contributed by atoms with Gasteiger partial charge in [-0.05, 0) is 48.5 Å². The van der Waals surface area contributed by atoms with Crippen molar-refractivity contribution in [2.24, 2.45) is 0 Å². The Labute approximate surface area is 369 Å². The first-order chi connectivity index (χ1) is 32.1. The predicted octanol–water partition coefficient (Wildman–Crippen LogP) is 11.1. The van der Waals surface area contributed by atoms with Crippen LogP contribution in [-0.4, -0.2) is 0 Å². The zero-order valence-corrected chi connectivity index (χ0v) is 33.4. The molecule has 0 unspecified atom stereocenters. The highest BCUT2D eigenvalue weighted by Crippen LogP contribution is 2.39. The summed E-state index contributed by atoms with van der Waals surface area (Å²) in [6, 6.07) is 5.04. The zero-order valence-electron chi connectivity index (χ0n) is 31.8. The lowest BCUT2D eigenvalue weighted by atomic mass is 10.0. The Kier molecular flexibility index (Phi) is 11.0. The van der Waals surface area contributed by atoms with Crippen molar-refractivity contribution in [3.05, 3.63) is 228 Å². The summed E-state index contributed by atoms with van der Waals surface area (Å²) in [5.74, 6) is -56.9. The minimum Gasteiger partial charge on any atom is -0.456 e. The Bertz CT molecular complexity index is 3220. The van der Waals surface area contributed by atoms with Crippen LogP contribution in [0.3, 0.4) is 0 Å². The molecule has 1 aliphatic heterocycles. The second-order valence-corrected chi connectivity index (χ2v) is 16.1. The number of halogens is 20. The largest absolute Gasteiger partial charge is 0.456 e. The molecular weight excluding hydrogens is 1000 g/mol. The Morgan fingerprint density at radius 2 is 0.353 bits per heavy atom. The van der Waals surface area contributed by atoms with Crippen LogP contribution >= 0.6 is 22.7 Å². The van der Waals surface area contributed by atoms with Gasteiger partial charge in [0.2, 0.25) is 23.3 Å². The smallest absolute Gasteiger partial charge is 0.200 e. The van der Waals surface area contributed by atoms with Gasteiger partial charge in [0.25, 0.3) is 0 Å². The van der Waals surface area contributed by atoms with E-state index in [4.69, 9.17) is 8.83 Å². The van der Waals surface area contributed by atoms with Gasteiger partial charge < -0.3 is 8.83 Å². The maximum atomic E-state index is 15.8. The molecule has 0 spiro atoms. The molecule has 0 fully saturated rings. The summed E-state index contributed by atoms with van der Waals surface area (Å²) in [5, 5.41) is 0. The first-order valence-corrected chi connectivity index (χ1v) is 19.7. The molecule has 4 aromatic carbocycles. The van der Waals surface area contributed by atoms with Crippen LogP contribution in [0.15, 0.2) is 57.4 Å². The molecule has 8 bridgehead atoms. The number of rotatable bonds is 4. The normalized spacial score (nSPS) is 16.1. The van der Waals surface area contributed by atoms with Crippen LogP contribution < -0.4 is 18.1 Å². The van der Waals surface area contributed by atoms with E-state index in [1.54, 1.807) is 0 Å². The SMILES string of the molecule is Fc1c(F)c(F)c(/C2=c3\cc/c(s3)=C(\c3c(F)c(F)c(F)c(F)c3F)c3ccc(o3)/C(c3c(F)c(F)c(F)c(F)c3F)=c3/cc/c(s3)=C(\c3c(F)c(F)c(F)c(F)c3F)c3ccc2o3)c(F)c1F. The van der Waals surface area contributed by atoms with Crippen molar-refractivity contribution in [2.75, 3.05) is 0 Å². The second-order valence-electron chi connectivity index (χ2n) is 13.9. The van der Waals surface area contributed by atoms with Crippen LogP contribution in [0.25, 0.3) is 22.3 Å². The number of hydrogen-bond acceptors (Lipinski definition) is 4. The van der Waals surface area contributed by atoms with Gasteiger partial charge in [-0.1, -0.05) is 0 Å².